The largest absolute Gasteiger partial charge is 0.330 e. The predicted molar refractivity (Wildman–Crippen MR) is 66.8 cm³/mol. The summed E-state index contributed by atoms with van der Waals surface area (Å²) < 4.78 is 13.3. The molecule has 0 bridgehead atoms. The van der Waals surface area contributed by atoms with Gasteiger partial charge in [0.1, 0.15) is 0 Å². The molecule has 2 unspecified atom stereocenters. The molecule has 0 aliphatic heterocycles. The second-order valence-corrected chi connectivity index (χ2v) is 5.68. The number of pyridine rings is 1. The second kappa shape index (κ2) is 6.60. The van der Waals surface area contributed by atoms with Crippen molar-refractivity contribution >= 4 is 10.8 Å². The van der Waals surface area contributed by atoms with Crippen LogP contribution in [-0.2, 0) is 17.3 Å². The van der Waals surface area contributed by atoms with Crippen molar-refractivity contribution in [3.05, 3.63) is 34.7 Å². The predicted octanol–water partition coefficient (Wildman–Crippen LogP) is 0.334. The molecule has 0 fully saturated rings. The van der Waals surface area contributed by atoms with Crippen LogP contribution in [0.4, 0.5) is 0 Å². The molecule has 0 saturated heterocycles. The number of aromatic nitrogens is 1. The standard InChI is InChI=1S/C11H18N2O2S/c1-10(5-6-12)16(15)9-8-13-7-3-2-4-11(13)14/h2-4,7,10H,5-6,8-9,12H2,1H3. The van der Waals surface area contributed by atoms with E-state index in [1.807, 2.05) is 6.92 Å². The molecule has 0 amide bonds. The molecule has 0 saturated carbocycles. The summed E-state index contributed by atoms with van der Waals surface area (Å²) in [6.07, 6.45) is 2.48. The highest BCUT2D eigenvalue weighted by Crippen LogP contribution is 2.01. The lowest BCUT2D eigenvalue weighted by atomic mass is 10.3. The molecule has 0 aliphatic rings. The van der Waals surface area contributed by atoms with E-state index in [-0.39, 0.29) is 10.8 Å². The molecule has 1 aromatic heterocycles. The van der Waals surface area contributed by atoms with Crippen LogP contribution in [0.1, 0.15) is 13.3 Å². The molecular formula is C11H18N2O2S. The first kappa shape index (κ1) is 13.1. The van der Waals surface area contributed by atoms with Crippen molar-refractivity contribution in [2.75, 3.05) is 12.3 Å². The summed E-state index contributed by atoms with van der Waals surface area (Å²) in [5.74, 6) is 0.505. The highest BCUT2D eigenvalue weighted by molar-refractivity contribution is 7.85. The monoisotopic (exact) mass is 242 g/mol. The lowest BCUT2D eigenvalue weighted by Crippen LogP contribution is -2.24. The van der Waals surface area contributed by atoms with Crippen LogP contribution in [0.25, 0.3) is 0 Å². The summed E-state index contributed by atoms with van der Waals surface area (Å²) in [6.45, 7) is 2.98. The van der Waals surface area contributed by atoms with Gasteiger partial charge in [-0.25, -0.2) is 0 Å². The number of nitrogens with zero attached hydrogens (tertiary/aromatic N) is 1. The molecule has 1 aromatic rings. The molecule has 0 aromatic carbocycles. The number of rotatable bonds is 6. The van der Waals surface area contributed by atoms with Gasteiger partial charge in [-0.3, -0.25) is 9.00 Å². The summed E-state index contributed by atoms with van der Waals surface area (Å²) in [6, 6.07) is 5.01. The molecule has 90 valence electrons. The summed E-state index contributed by atoms with van der Waals surface area (Å²) in [5.41, 5.74) is 5.36. The third-order valence-electron chi connectivity index (χ3n) is 2.45. The van der Waals surface area contributed by atoms with Gasteiger partial charge in [0, 0.05) is 40.6 Å². The highest BCUT2D eigenvalue weighted by Gasteiger charge is 2.09. The van der Waals surface area contributed by atoms with Gasteiger partial charge in [0.25, 0.3) is 5.56 Å². The van der Waals surface area contributed by atoms with Crippen LogP contribution in [0.5, 0.6) is 0 Å². The molecule has 1 rings (SSSR count). The van der Waals surface area contributed by atoms with Gasteiger partial charge in [-0.05, 0) is 19.0 Å². The Bertz CT molecular complexity index is 403. The minimum atomic E-state index is -0.913. The molecule has 16 heavy (non-hydrogen) atoms. The summed E-state index contributed by atoms with van der Waals surface area (Å²) in [5, 5.41) is 0.101. The van der Waals surface area contributed by atoms with E-state index in [0.717, 1.165) is 6.42 Å². The molecular weight excluding hydrogens is 224 g/mol. The third-order valence-corrected chi connectivity index (χ3v) is 4.17. The Hall–Kier alpha value is -0.940. The van der Waals surface area contributed by atoms with Crippen molar-refractivity contribution in [1.29, 1.82) is 0 Å². The van der Waals surface area contributed by atoms with Crippen LogP contribution in [0.3, 0.4) is 0 Å². The van der Waals surface area contributed by atoms with Crippen molar-refractivity contribution in [1.82, 2.24) is 4.57 Å². The van der Waals surface area contributed by atoms with Gasteiger partial charge in [0.2, 0.25) is 0 Å². The fourth-order valence-electron chi connectivity index (χ4n) is 1.40. The van der Waals surface area contributed by atoms with Crippen molar-refractivity contribution in [3.63, 3.8) is 0 Å². The molecule has 0 aliphatic carbocycles. The van der Waals surface area contributed by atoms with Gasteiger partial charge >= 0.3 is 0 Å². The maximum atomic E-state index is 11.8. The van der Waals surface area contributed by atoms with Crippen LogP contribution in [0.2, 0.25) is 0 Å². The van der Waals surface area contributed by atoms with Crippen molar-refractivity contribution in [2.45, 2.75) is 25.1 Å². The van der Waals surface area contributed by atoms with E-state index in [1.54, 1.807) is 22.9 Å². The first-order chi connectivity index (χ1) is 7.65. The maximum Gasteiger partial charge on any atom is 0.250 e. The van der Waals surface area contributed by atoms with E-state index in [9.17, 15) is 9.00 Å². The molecule has 0 spiro atoms. The number of hydrogen-bond donors (Lipinski definition) is 1. The van der Waals surface area contributed by atoms with E-state index in [4.69, 9.17) is 5.73 Å². The number of aryl methyl sites for hydroxylation is 1. The molecule has 4 nitrogen and oxygen atoms in total. The highest BCUT2D eigenvalue weighted by atomic mass is 32.2. The average molecular weight is 242 g/mol. The van der Waals surface area contributed by atoms with Crippen LogP contribution in [0.15, 0.2) is 29.2 Å². The first-order valence-electron chi connectivity index (χ1n) is 5.38. The Labute approximate surface area is 97.9 Å². The Morgan fingerprint density at radius 2 is 2.25 bits per heavy atom. The fraction of sp³-hybridized carbons (Fsp3) is 0.545. The van der Waals surface area contributed by atoms with Crippen molar-refractivity contribution in [3.8, 4) is 0 Å². The molecule has 2 atom stereocenters. The first-order valence-corrected chi connectivity index (χ1v) is 6.76. The van der Waals surface area contributed by atoms with Crippen molar-refractivity contribution in [2.24, 2.45) is 5.73 Å². The zero-order valence-corrected chi connectivity index (χ0v) is 10.3. The summed E-state index contributed by atoms with van der Waals surface area (Å²) in [4.78, 5) is 11.4. The number of hydrogen-bond acceptors (Lipinski definition) is 3. The SMILES string of the molecule is CC(CCN)S(=O)CCn1ccccc1=O. The third kappa shape index (κ3) is 3.90. The van der Waals surface area contributed by atoms with Gasteiger partial charge in [-0.1, -0.05) is 13.0 Å². The Morgan fingerprint density at radius 1 is 1.50 bits per heavy atom. The maximum absolute atomic E-state index is 11.8. The molecule has 0 radical (unpaired) electrons. The van der Waals surface area contributed by atoms with Gasteiger partial charge in [-0.2, -0.15) is 0 Å². The molecule has 5 heteroatoms. The zero-order valence-electron chi connectivity index (χ0n) is 9.46. The molecule has 2 N–H and O–H groups in total. The normalized spacial score (nSPS) is 14.6. The fourth-order valence-corrected chi connectivity index (χ4v) is 2.58. The van der Waals surface area contributed by atoms with Gasteiger partial charge in [0.15, 0.2) is 0 Å². The topological polar surface area (TPSA) is 65.1 Å². The number of nitrogens with two attached hydrogens (primary N) is 1. The Balaban J connectivity index is 2.49. The van der Waals surface area contributed by atoms with E-state index in [0.29, 0.717) is 18.8 Å². The van der Waals surface area contributed by atoms with Crippen LogP contribution < -0.4 is 11.3 Å². The lowest BCUT2D eigenvalue weighted by molar-refractivity contribution is 0.653. The quantitative estimate of drug-likeness (QED) is 0.782. The zero-order chi connectivity index (χ0) is 12.0. The minimum absolute atomic E-state index is 0.0500. The minimum Gasteiger partial charge on any atom is -0.330 e. The van der Waals surface area contributed by atoms with Crippen LogP contribution in [-0.4, -0.2) is 26.3 Å². The summed E-state index contributed by atoms with van der Waals surface area (Å²) in [7, 11) is -0.913. The Morgan fingerprint density at radius 3 is 2.88 bits per heavy atom. The average Bonchev–Trinajstić information content (AvgIpc) is 2.28. The van der Waals surface area contributed by atoms with Crippen LogP contribution >= 0.6 is 0 Å². The van der Waals surface area contributed by atoms with E-state index in [1.165, 1.54) is 6.07 Å². The Kier molecular flexibility index (Phi) is 5.42. The van der Waals surface area contributed by atoms with Gasteiger partial charge < -0.3 is 10.3 Å². The lowest BCUT2D eigenvalue weighted by Gasteiger charge is -2.10. The molecule has 1 heterocycles. The van der Waals surface area contributed by atoms with E-state index >= 15 is 0 Å². The van der Waals surface area contributed by atoms with Crippen LogP contribution in [0, 0.1) is 0 Å². The van der Waals surface area contributed by atoms with Gasteiger partial charge in [-0.15, -0.1) is 0 Å². The van der Waals surface area contributed by atoms with Gasteiger partial charge in [0.05, 0.1) is 0 Å². The van der Waals surface area contributed by atoms with E-state index in [2.05, 4.69) is 0 Å². The van der Waals surface area contributed by atoms with E-state index < -0.39 is 10.8 Å². The second-order valence-electron chi connectivity index (χ2n) is 3.71. The smallest absolute Gasteiger partial charge is 0.250 e. The summed E-state index contributed by atoms with van der Waals surface area (Å²) >= 11 is 0. The van der Waals surface area contributed by atoms with Crippen molar-refractivity contribution < 1.29 is 4.21 Å².